The maximum Gasteiger partial charge on any atom is 0.321 e. The number of carbonyl (C=O) groups is 1. The molecule has 0 radical (unpaired) electrons. The van der Waals surface area contributed by atoms with E-state index in [0.717, 1.165) is 13.0 Å². The molecule has 1 aliphatic heterocycles. The average molecular weight is 204 g/mol. The summed E-state index contributed by atoms with van der Waals surface area (Å²) in [6.07, 6.45) is 0.918. The number of likely N-dealkylation sites (tertiary alicyclic amines) is 1. The zero-order valence-corrected chi connectivity index (χ0v) is 8.42. The molecule has 1 aliphatic rings. The molecule has 13 heavy (non-hydrogen) atoms. The Morgan fingerprint density at radius 2 is 2.38 bits per heavy atom. The van der Waals surface area contributed by atoms with Crippen molar-refractivity contribution in [1.82, 2.24) is 4.90 Å². The summed E-state index contributed by atoms with van der Waals surface area (Å²) >= 11 is 5.65. The van der Waals surface area contributed by atoms with Crippen LogP contribution in [0.25, 0.3) is 0 Å². The number of halogens is 1. The lowest BCUT2D eigenvalue weighted by molar-refractivity contribution is -0.143. The van der Waals surface area contributed by atoms with E-state index in [4.69, 9.17) is 16.7 Å². The molecule has 1 rings (SSSR count). The van der Waals surface area contributed by atoms with Gasteiger partial charge >= 0.3 is 5.97 Å². The van der Waals surface area contributed by atoms with Crippen LogP contribution in [0.15, 0.2) is 11.6 Å². The van der Waals surface area contributed by atoms with E-state index in [0.29, 0.717) is 11.6 Å². The number of hydrogen-bond donors (Lipinski definition) is 1. The summed E-state index contributed by atoms with van der Waals surface area (Å²) in [6.45, 7) is 6.79. The summed E-state index contributed by atoms with van der Waals surface area (Å²) in [6, 6.07) is -0.393. The monoisotopic (exact) mass is 203 g/mol. The average Bonchev–Trinajstić information content (AvgIpc) is 2.30. The fourth-order valence-electron chi connectivity index (χ4n) is 1.82. The molecule has 74 valence electrons. The molecule has 0 bridgehead atoms. The molecule has 0 saturated carbocycles. The van der Waals surface area contributed by atoms with Gasteiger partial charge in [0.2, 0.25) is 0 Å². The highest BCUT2D eigenvalue weighted by molar-refractivity contribution is 6.29. The highest BCUT2D eigenvalue weighted by Gasteiger charge is 2.36. The van der Waals surface area contributed by atoms with Crippen LogP contribution in [0.4, 0.5) is 0 Å². The summed E-state index contributed by atoms with van der Waals surface area (Å²) < 4.78 is 0. The highest BCUT2D eigenvalue weighted by Crippen LogP contribution is 2.24. The number of carboxylic acid groups (broad SMARTS) is 1. The topological polar surface area (TPSA) is 40.5 Å². The first-order valence-corrected chi connectivity index (χ1v) is 4.70. The van der Waals surface area contributed by atoms with Gasteiger partial charge in [0.15, 0.2) is 0 Å². The van der Waals surface area contributed by atoms with Gasteiger partial charge in [0.05, 0.1) is 0 Å². The predicted molar refractivity (Wildman–Crippen MR) is 51.8 cm³/mol. The standard InChI is InChI=1S/C9H14ClNO2/c1-6-3-4-11(5-7(2)10)8(6)9(12)13/h6,8H,2-5H2,1H3,(H,12,13). The van der Waals surface area contributed by atoms with Gasteiger partial charge in [-0.25, -0.2) is 0 Å². The molecule has 1 saturated heterocycles. The highest BCUT2D eigenvalue weighted by atomic mass is 35.5. The lowest BCUT2D eigenvalue weighted by Gasteiger charge is -2.22. The summed E-state index contributed by atoms with van der Waals surface area (Å²) in [5.74, 6) is -0.559. The third kappa shape index (κ3) is 2.45. The second-order valence-corrected chi connectivity index (χ2v) is 4.07. The Labute approximate surface area is 83.0 Å². The molecule has 0 aromatic carbocycles. The summed E-state index contributed by atoms with van der Waals surface area (Å²) in [4.78, 5) is 12.8. The van der Waals surface area contributed by atoms with E-state index in [2.05, 4.69) is 6.58 Å². The number of nitrogens with zero attached hydrogens (tertiary/aromatic N) is 1. The Morgan fingerprint density at radius 3 is 2.85 bits per heavy atom. The van der Waals surface area contributed by atoms with Gasteiger partial charge in [0, 0.05) is 11.6 Å². The SMILES string of the molecule is C=C(Cl)CN1CCC(C)C1C(=O)O. The quantitative estimate of drug-likeness (QED) is 0.757. The van der Waals surface area contributed by atoms with Gasteiger partial charge in [0.1, 0.15) is 6.04 Å². The Hall–Kier alpha value is -0.540. The van der Waals surface area contributed by atoms with Gasteiger partial charge in [0.25, 0.3) is 0 Å². The van der Waals surface area contributed by atoms with Crippen molar-refractivity contribution in [3.8, 4) is 0 Å². The molecule has 1 N–H and O–H groups in total. The first-order valence-electron chi connectivity index (χ1n) is 4.32. The van der Waals surface area contributed by atoms with Crippen LogP contribution < -0.4 is 0 Å². The Bertz CT molecular complexity index is 230. The summed E-state index contributed by atoms with van der Waals surface area (Å²) in [5.41, 5.74) is 0. The maximum atomic E-state index is 10.9. The largest absolute Gasteiger partial charge is 0.480 e. The van der Waals surface area contributed by atoms with Gasteiger partial charge in [-0.1, -0.05) is 25.1 Å². The van der Waals surface area contributed by atoms with Gasteiger partial charge in [-0.15, -0.1) is 0 Å². The van der Waals surface area contributed by atoms with Crippen LogP contribution in [0.3, 0.4) is 0 Å². The van der Waals surface area contributed by atoms with E-state index < -0.39 is 12.0 Å². The number of aliphatic carboxylic acids is 1. The minimum Gasteiger partial charge on any atom is -0.480 e. The van der Waals surface area contributed by atoms with Crippen LogP contribution in [0.2, 0.25) is 0 Å². The molecule has 4 heteroatoms. The minimum atomic E-state index is -0.761. The van der Waals surface area contributed by atoms with Gasteiger partial charge < -0.3 is 5.11 Å². The van der Waals surface area contributed by atoms with Crippen LogP contribution in [0.5, 0.6) is 0 Å². The number of hydrogen-bond acceptors (Lipinski definition) is 2. The normalized spacial score (nSPS) is 29.1. The van der Waals surface area contributed by atoms with Gasteiger partial charge in [-0.3, -0.25) is 9.69 Å². The van der Waals surface area contributed by atoms with Crippen molar-refractivity contribution in [2.45, 2.75) is 19.4 Å². The van der Waals surface area contributed by atoms with E-state index in [-0.39, 0.29) is 5.92 Å². The molecule has 2 unspecified atom stereocenters. The Morgan fingerprint density at radius 1 is 1.77 bits per heavy atom. The molecule has 0 aliphatic carbocycles. The minimum absolute atomic E-state index is 0.202. The Kier molecular flexibility index (Phi) is 3.33. The van der Waals surface area contributed by atoms with Crippen molar-refractivity contribution in [2.24, 2.45) is 5.92 Å². The smallest absolute Gasteiger partial charge is 0.321 e. The van der Waals surface area contributed by atoms with Crippen LogP contribution in [-0.2, 0) is 4.79 Å². The van der Waals surface area contributed by atoms with Crippen LogP contribution in [-0.4, -0.2) is 35.1 Å². The molecule has 0 spiro atoms. The summed E-state index contributed by atoms with van der Waals surface area (Å²) in [7, 11) is 0. The third-order valence-electron chi connectivity index (χ3n) is 2.43. The molecule has 2 atom stereocenters. The van der Waals surface area contributed by atoms with Crippen molar-refractivity contribution in [1.29, 1.82) is 0 Å². The van der Waals surface area contributed by atoms with Crippen LogP contribution in [0, 0.1) is 5.92 Å². The van der Waals surface area contributed by atoms with Crippen molar-refractivity contribution >= 4 is 17.6 Å². The second kappa shape index (κ2) is 4.11. The first kappa shape index (κ1) is 10.5. The van der Waals surface area contributed by atoms with E-state index in [1.807, 2.05) is 11.8 Å². The van der Waals surface area contributed by atoms with Crippen molar-refractivity contribution < 1.29 is 9.90 Å². The van der Waals surface area contributed by atoms with Crippen molar-refractivity contribution in [3.63, 3.8) is 0 Å². The Balaban J connectivity index is 2.64. The van der Waals surface area contributed by atoms with Crippen LogP contribution in [0.1, 0.15) is 13.3 Å². The summed E-state index contributed by atoms with van der Waals surface area (Å²) in [5, 5.41) is 9.45. The molecule has 3 nitrogen and oxygen atoms in total. The van der Waals surface area contributed by atoms with Gasteiger partial charge in [-0.2, -0.15) is 0 Å². The lowest BCUT2D eigenvalue weighted by atomic mass is 10.0. The molecule has 0 aromatic heterocycles. The van der Waals surface area contributed by atoms with E-state index >= 15 is 0 Å². The van der Waals surface area contributed by atoms with E-state index in [1.54, 1.807) is 0 Å². The molecule has 1 fully saturated rings. The fourth-order valence-corrected chi connectivity index (χ4v) is 1.98. The zero-order chi connectivity index (χ0) is 10.0. The van der Waals surface area contributed by atoms with Crippen molar-refractivity contribution in [2.75, 3.05) is 13.1 Å². The maximum absolute atomic E-state index is 10.9. The van der Waals surface area contributed by atoms with Crippen molar-refractivity contribution in [3.05, 3.63) is 11.6 Å². The first-order chi connectivity index (χ1) is 6.02. The molecule has 0 amide bonds. The fraction of sp³-hybridized carbons (Fsp3) is 0.667. The van der Waals surface area contributed by atoms with E-state index in [1.165, 1.54) is 0 Å². The number of rotatable bonds is 3. The van der Waals surface area contributed by atoms with E-state index in [9.17, 15) is 4.79 Å². The zero-order valence-electron chi connectivity index (χ0n) is 7.66. The predicted octanol–water partition coefficient (Wildman–Crippen LogP) is 1.53. The number of carboxylic acids is 1. The van der Waals surface area contributed by atoms with Crippen LogP contribution >= 0.6 is 11.6 Å². The molecule has 0 aromatic rings. The lowest BCUT2D eigenvalue weighted by Crippen LogP contribution is -2.39. The molecule has 1 heterocycles. The van der Waals surface area contributed by atoms with Gasteiger partial charge in [-0.05, 0) is 18.9 Å². The molecular weight excluding hydrogens is 190 g/mol. The molecular formula is C9H14ClNO2. The third-order valence-corrected chi connectivity index (χ3v) is 2.55. The second-order valence-electron chi connectivity index (χ2n) is 3.54.